The van der Waals surface area contributed by atoms with E-state index in [-0.39, 0.29) is 31.1 Å². The first kappa shape index (κ1) is 69.8. The zero-order chi connectivity index (χ0) is 52.9. The fraction of sp³-hybridized carbons (Fsp3) is 0.776. The van der Waals surface area contributed by atoms with Crippen LogP contribution in [-0.2, 0) is 28.6 Å². The quantitative estimate of drug-likeness (QED) is 0.0261. The van der Waals surface area contributed by atoms with E-state index >= 15 is 0 Å². The molecule has 0 rings (SSSR count). The third-order valence-corrected chi connectivity index (χ3v) is 13.7. The molecule has 0 aliphatic rings. The van der Waals surface area contributed by atoms with E-state index in [0.29, 0.717) is 19.3 Å². The molecule has 73 heavy (non-hydrogen) atoms. The number of unbranched alkanes of at least 4 members (excludes halogenated alkanes) is 34. The van der Waals surface area contributed by atoms with Gasteiger partial charge < -0.3 is 14.2 Å². The molecular weight excluding hydrogens is 901 g/mol. The second kappa shape index (κ2) is 61.4. The maximum Gasteiger partial charge on any atom is 0.306 e. The highest BCUT2D eigenvalue weighted by molar-refractivity contribution is 5.71. The van der Waals surface area contributed by atoms with Crippen molar-refractivity contribution in [3.63, 3.8) is 0 Å². The standard InChI is InChI=1S/C67H118O6/c1-4-7-10-13-16-19-22-25-27-28-29-30-31-32-33-34-35-36-37-38-39-40-41-43-45-48-51-54-57-60-66(69)72-63-64(62-71-65(68)59-56-53-50-47-44-24-21-18-15-12-9-6-3)73-67(70)61-58-55-52-49-46-42-26-23-20-17-14-11-8-5-2/h7,10,14,16-17,19,23,25-27,29-30,64H,4-6,8-9,11-13,15,18,20-22,24,28,31-63H2,1-3H3/b10-7-,17-14-,19-16-,26-23-,27-25-,30-29-. The monoisotopic (exact) mass is 1020 g/mol. The Balaban J connectivity index is 4.17. The Kier molecular flexibility index (Phi) is 58.7. The van der Waals surface area contributed by atoms with Crippen LogP contribution in [0.3, 0.4) is 0 Å². The van der Waals surface area contributed by atoms with Crippen molar-refractivity contribution in [1.82, 2.24) is 0 Å². The van der Waals surface area contributed by atoms with Gasteiger partial charge in [-0.05, 0) is 83.5 Å². The fourth-order valence-electron chi connectivity index (χ4n) is 8.98. The van der Waals surface area contributed by atoms with Crippen LogP contribution in [0.5, 0.6) is 0 Å². The molecule has 0 aromatic rings. The predicted octanol–water partition coefficient (Wildman–Crippen LogP) is 21.3. The summed E-state index contributed by atoms with van der Waals surface area (Å²) in [7, 11) is 0. The van der Waals surface area contributed by atoms with E-state index in [1.54, 1.807) is 0 Å². The summed E-state index contributed by atoms with van der Waals surface area (Å²) < 4.78 is 16.9. The van der Waals surface area contributed by atoms with Gasteiger partial charge in [-0.3, -0.25) is 14.4 Å². The van der Waals surface area contributed by atoms with Crippen LogP contribution in [-0.4, -0.2) is 37.2 Å². The van der Waals surface area contributed by atoms with Crippen molar-refractivity contribution in [1.29, 1.82) is 0 Å². The molecule has 422 valence electrons. The van der Waals surface area contributed by atoms with Crippen LogP contribution >= 0.6 is 0 Å². The van der Waals surface area contributed by atoms with Crippen molar-refractivity contribution in [2.75, 3.05) is 13.2 Å². The van der Waals surface area contributed by atoms with Crippen molar-refractivity contribution in [3.05, 3.63) is 72.9 Å². The summed E-state index contributed by atoms with van der Waals surface area (Å²) in [6, 6.07) is 0. The average Bonchev–Trinajstić information content (AvgIpc) is 3.39. The van der Waals surface area contributed by atoms with Crippen LogP contribution in [0.15, 0.2) is 72.9 Å². The van der Waals surface area contributed by atoms with E-state index in [1.165, 1.54) is 167 Å². The minimum absolute atomic E-state index is 0.0766. The smallest absolute Gasteiger partial charge is 0.306 e. The molecule has 0 spiro atoms. The molecule has 0 radical (unpaired) electrons. The Labute approximate surface area is 453 Å². The van der Waals surface area contributed by atoms with Gasteiger partial charge in [0.15, 0.2) is 6.10 Å². The predicted molar refractivity (Wildman–Crippen MR) is 316 cm³/mol. The molecule has 0 amide bonds. The van der Waals surface area contributed by atoms with Crippen molar-refractivity contribution < 1.29 is 28.6 Å². The van der Waals surface area contributed by atoms with Gasteiger partial charge in [-0.25, -0.2) is 0 Å². The molecule has 6 heteroatoms. The Hall–Kier alpha value is -3.15. The van der Waals surface area contributed by atoms with E-state index in [9.17, 15) is 14.4 Å². The van der Waals surface area contributed by atoms with E-state index in [0.717, 1.165) is 109 Å². The number of ether oxygens (including phenoxy) is 3. The maximum absolute atomic E-state index is 12.8. The maximum atomic E-state index is 12.8. The summed E-state index contributed by atoms with van der Waals surface area (Å²) in [4.78, 5) is 38.2. The fourth-order valence-corrected chi connectivity index (χ4v) is 8.98. The highest BCUT2D eigenvalue weighted by Gasteiger charge is 2.19. The van der Waals surface area contributed by atoms with Crippen LogP contribution < -0.4 is 0 Å². The number of rotatable bonds is 57. The largest absolute Gasteiger partial charge is 0.462 e. The molecule has 0 saturated carbocycles. The molecule has 0 aliphatic heterocycles. The van der Waals surface area contributed by atoms with Gasteiger partial charge in [0, 0.05) is 19.3 Å². The SMILES string of the molecule is CC/C=C\C/C=C\C/C=C\C/C=C\CCCCCCCCCCCCCCCCCCC(=O)OCC(COC(=O)CCCCCCCCCCCCCC)OC(=O)CCCCCCC/C=C\C/C=C\CCCC. The Bertz CT molecular complexity index is 1360. The van der Waals surface area contributed by atoms with Crippen LogP contribution in [0.1, 0.15) is 316 Å². The van der Waals surface area contributed by atoms with Gasteiger partial charge in [-0.15, -0.1) is 0 Å². The third kappa shape index (κ3) is 59.6. The molecule has 0 aromatic heterocycles. The van der Waals surface area contributed by atoms with Crippen LogP contribution in [0.2, 0.25) is 0 Å². The Morgan fingerprint density at radius 1 is 0.288 bits per heavy atom. The summed E-state index contributed by atoms with van der Waals surface area (Å²) in [5, 5.41) is 0. The third-order valence-electron chi connectivity index (χ3n) is 13.7. The first-order chi connectivity index (χ1) is 36.0. The number of hydrogen-bond donors (Lipinski definition) is 0. The highest BCUT2D eigenvalue weighted by atomic mass is 16.6. The summed E-state index contributed by atoms with van der Waals surface area (Å²) in [5.74, 6) is -0.877. The number of carbonyl (C=O) groups excluding carboxylic acids is 3. The highest BCUT2D eigenvalue weighted by Crippen LogP contribution is 2.17. The van der Waals surface area contributed by atoms with E-state index < -0.39 is 6.10 Å². The summed E-state index contributed by atoms with van der Waals surface area (Å²) in [5.41, 5.74) is 0. The normalized spacial score (nSPS) is 12.5. The topological polar surface area (TPSA) is 78.9 Å². The molecule has 0 heterocycles. The first-order valence-electron chi connectivity index (χ1n) is 31.4. The molecule has 0 saturated heterocycles. The van der Waals surface area contributed by atoms with Gasteiger partial charge in [0.25, 0.3) is 0 Å². The zero-order valence-electron chi connectivity index (χ0n) is 48.4. The molecule has 6 nitrogen and oxygen atoms in total. The Morgan fingerprint density at radius 2 is 0.548 bits per heavy atom. The molecule has 0 aliphatic carbocycles. The van der Waals surface area contributed by atoms with Crippen LogP contribution in [0, 0.1) is 0 Å². The molecular formula is C67H118O6. The van der Waals surface area contributed by atoms with Crippen molar-refractivity contribution in [3.8, 4) is 0 Å². The molecule has 1 unspecified atom stereocenters. The first-order valence-corrected chi connectivity index (χ1v) is 31.4. The molecule has 0 fully saturated rings. The van der Waals surface area contributed by atoms with E-state index in [2.05, 4.69) is 93.7 Å². The Morgan fingerprint density at radius 3 is 0.877 bits per heavy atom. The lowest BCUT2D eigenvalue weighted by molar-refractivity contribution is -0.167. The lowest BCUT2D eigenvalue weighted by atomic mass is 10.0. The lowest BCUT2D eigenvalue weighted by Crippen LogP contribution is -2.30. The number of carbonyl (C=O) groups is 3. The zero-order valence-corrected chi connectivity index (χ0v) is 48.4. The summed E-state index contributed by atoms with van der Waals surface area (Å²) >= 11 is 0. The van der Waals surface area contributed by atoms with Crippen molar-refractivity contribution in [2.45, 2.75) is 322 Å². The van der Waals surface area contributed by atoms with E-state index in [4.69, 9.17) is 14.2 Å². The van der Waals surface area contributed by atoms with Gasteiger partial charge in [-0.2, -0.15) is 0 Å². The number of allylic oxidation sites excluding steroid dienone is 12. The van der Waals surface area contributed by atoms with Crippen molar-refractivity contribution >= 4 is 17.9 Å². The van der Waals surface area contributed by atoms with Crippen molar-refractivity contribution in [2.24, 2.45) is 0 Å². The summed E-state index contributed by atoms with van der Waals surface area (Å²) in [6.45, 7) is 6.50. The molecule has 0 N–H and O–H groups in total. The van der Waals surface area contributed by atoms with Gasteiger partial charge in [-0.1, -0.05) is 286 Å². The van der Waals surface area contributed by atoms with Gasteiger partial charge in [0.1, 0.15) is 13.2 Å². The van der Waals surface area contributed by atoms with Gasteiger partial charge >= 0.3 is 17.9 Å². The minimum Gasteiger partial charge on any atom is -0.462 e. The summed E-state index contributed by atoms with van der Waals surface area (Å²) in [6.07, 6.45) is 79.1. The molecule has 0 aromatic carbocycles. The van der Waals surface area contributed by atoms with Crippen LogP contribution in [0.25, 0.3) is 0 Å². The average molecular weight is 1020 g/mol. The number of esters is 3. The second-order valence-corrected chi connectivity index (χ2v) is 20.9. The van der Waals surface area contributed by atoms with E-state index in [1.807, 2.05) is 0 Å². The van der Waals surface area contributed by atoms with Crippen LogP contribution in [0.4, 0.5) is 0 Å². The molecule has 0 bridgehead atoms. The van der Waals surface area contributed by atoms with Gasteiger partial charge in [0.05, 0.1) is 0 Å². The lowest BCUT2D eigenvalue weighted by Gasteiger charge is -2.18. The second-order valence-electron chi connectivity index (χ2n) is 20.9. The number of hydrogen-bond acceptors (Lipinski definition) is 6. The van der Waals surface area contributed by atoms with Gasteiger partial charge in [0.2, 0.25) is 0 Å². The molecule has 1 atom stereocenters. The minimum atomic E-state index is -0.779.